The summed E-state index contributed by atoms with van der Waals surface area (Å²) in [5.41, 5.74) is 2.29. The molecule has 4 aromatic rings. The maximum Gasteiger partial charge on any atom is 0.272 e. The van der Waals surface area contributed by atoms with E-state index in [1.54, 1.807) is 91.0 Å². The van der Waals surface area contributed by atoms with E-state index >= 15 is 0 Å². The second-order valence-corrected chi connectivity index (χ2v) is 11.2. The van der Waals surface area contributed by atoms with Crippen molar-refractivity contribution in [2.75, 3.05) is 17.4 Å². The second-order valence-electron chi connectivity index (χ2n) is 9.48. The molecule has 0 aromatic heterocycles. The fourth-order valence-electron chi connectivity index (χ4n) is 4.20. The number of rotatable bonds is 10. The van der Waals surface area contributed by atoms with Gasteiger partial charge in [0.2, 0.25) is 12.7 Å². The number of hydrogen-bond donors (Lipinski definition) is 3. The van der Waals surface area contributed by atoms with Crippen molar-refractivity contribution in [1.82, 2.24) is 5.32 Å². The summed E-state index contributed by atoms with van der Waals surface area (Å²) in [5.74, 6) is 0.154. The number of amides is 3. The maximum absolute atomic E-state index is 13.4. The van der Waals surface area contributed by atoms with E-state index in [4.69, 9.17) is 21.1 Å². The number of nitrogens with one attached hydrogen (secondary N) is 3. The van der Waals surface area contributed by atoms with Crippen LogP contribution in [0.25, 0.3) is 6.08 Å². The molecule has 0 saturated carbocycles. The Morgan fingerprint density at radius 3 is 2.37 bits per heavy atom. The van der Waals surface area contributed by atoms with Gasteiger partial charge in [0.05, 0.1) is 5.25 Å². The predicted octanol–water partition coefficient (Wildman–Crippen LogP) is 6.99. The molecule has 0 aliphatic carbocycles. The van der Waals surface area contributed by atoms with E-state index in [-0.39, 0.29) is 23.6 Å². The van der Waals surface area contributed by atoms with E-state index in [1.165, 1.54) is 11.8 Å². The molecule has 0 saturated heterocycles. The van der Waals surface area contributed by atoms with E-state index < -0.39 is 11.8 Å². The summed E-state index contributed by atoms with van der Waals surface area (Å²) >= 11 is 7.40. The molecule has 0 fully saturated rings. The van der Waals surface area contributed by atoms with Crippen molar-refractivity contribution >= 4 is 58.5 Å². The van der Waals surface area contributed by atoms with Gasteiger partial charge in [0.1, 0.15) is 5.70 Å². The van der Waals surface area contributed by atoms with E-state index in [0.29, 0.717) is 45.4 Å². The van der Waals surface area contributed by atoms with Crippen LogP contribution in [-0.2, 0) is 9.59 Å². The first-order valence-corrected chi connectivity index (χ1v) is 14.8. The first-order chi connectivity index (χ1) is 20.9. The lowest BCUT2D eigenvalue weighted by Gasteiger charge is -2.16. The van der Waals surface area contributed by atoms with Gasteiger partial charge in [0.25, 0.3) is 11.8 Å². The van der Waals surface area contributed by atoms with Crippen molar-refractivity contribution in [2.45, 2.75) is 23.5 Å². The first-order valence-electron chi connectivity index (χ1n) is 13.5. The molecule has 3 N–H and O–H groups in total. The molecule has 0 radical (unpaired) electrons. The highest BCUT2D eigenvalue weighted by Crippen LogP contribution is 2.35. The average molecular weight is 614 g/mol. The third-order valence-electron chi connectivity index (χ3n) is 6.38. The van der Waals surface area contributed by atoms with E-state index in [0.717, 1.165) is 4.90 Å². The first kappa shape index (κ1) is 29.8. The lowest BCUT2D eigenvalue weighted by atomic mass is 10.1. The van der Waals surface area contributed by atoms with Gasteiger partial charge in [-0.05, 0) is 72.7 Å². The van der Waals surface area contributed by atoms with Crippen LogP contribution in [0.5, 0.6) is 11.5 Å². The topological polar surface area (TPSA) is 106 Å². The Kier molecular flexibility index (Phi) is 9.66. The number of fused-ring (bicyclic) bond motifs is 1. The monoisotopic (exact) mass is 613 g/mol. The van der Waals surface area contributed by atoms with Gasteiger partial charge in [-0.15, -0.1) is 11.8 Å². The summed E-state index contributed by atoms with van der Waals surface area (Å²) in [5, 5.41) is 8.71. The fourth-order valence-corrected chi connectivity index (χ4v) is 5.34. The number of thioether (sulfide) groups is 1. The van der Waals surface area contributed by atoms with Gasteiger partial charge >= 0.3 is 0 Å². The number of halogens is 1. The largest absolute Gasteiger partial charge is 0.454 e. The third kappa shape index (κ3) is 7.97. The molecular weight excluding hydrogens is 586 g/mol. The smallest absolute Gasteiger partial charge is 0.272 e. The Labute approximate surface area is 258 Å². The van der Waals surface area contributed by atoms with Crippen LogP contribution in [0.2, 0.25) is 5.02 Å². The highest BCUT2D eigenvalue weighted by atomic mass is 35.5. The quantitative estimate of drug-likeness (QED) is 0.132. The molecule has 1 aliphatic rings. The van der Waals surface area contributed by atoms with Gasteiger partial charge in [-0.1, -0.05) is 54.9 Å². The van der Waals surface area contributed by atoms with E-state index in [2.05, 4.69) is 16.0 Å². The molecule has 1 atom stereocenters. The molecule has 1 heterocycles. The number of carbonyl (C=O) groups is 3. The fraction of sp³-hybridized carbons (Fsp3) is 0.121. The van der Waals surface area contributed by atoms with Crippen LogP contribution < -0.4 is 25.4 Å². The summed E-state index contributed by atoms with van der Waals surface area (Å²) < 4.78 is 10.7. The van der Waals surface area contributed by atoms with Crippen molar-refractivity contribution in [3.8, 4) is 11.5 Å². The molecule has 3 amide bonds. The number of benzene rings is 4. The normalized spacial score (nSPS) is 12.7. The van der Waals surface area contributed by atoms with Gasteiger partial charge < -0.3 is 25.4 Å². The van der Waals surface area contributed by atoms with Gasteiger partial charge in [0.15, 0.2) is 11.5 Å². The predicted molar refractivity (Wildman–Crippen MR) is 170 cm³/mol. The zero-order valence-corrected chi connectivity index (χ0v) is 24.7. The Bertz CT molecular complexity index is 1660. The maximum atomic E-state index is 13.4. The van der Waals surface area contributed by atoms with Crippen LogP contribution in [0.4, 0.5) is 11.4 Å². The minimum atomic E-state index is -0.506. The van der Waals surface area contributed by atoms with Crippen LogP contribution in [-0.4, -0.2) is 29.8 Å². The van der Waals surface area contributed by atoms with Crippen LogP contribution in [0, 0.1) is 0 Å². The zero-order valence-electron chi connectivity index (χ0n) is 23.1. The number of hydrogen-bond acceptors (Lipinski definition) is 6. The molecule has 218 valence electrons. The second kappa shape index (κ2) is 14.0. The van der Waals surface area contributed by atoms with E-state index in [1.807, 2.05) is 19.1 Å². The lowest BCUT2D eigenvalue weighted by molar-refractivity contribution is -0.116. The average Bonchev–Trinajstić information content (AvgIpc) is 3.49. The highest BCUT2D eigenvalue weighted by Gasteiger charge is 2.21. The lowest BCUT2D eigenvalue weighted by Crippen LogP contribution is -2.30. The van der Waals surface area contributed by atoms with Crippen molar-refractivity contribution in [1.29, 1.82) is 0 Å². The van der Waals surface area contributed by atoms with Crippen LogP contribution in [0.3, 0.4) is 0 Å². The van der Waals surface area contributed by atoms with E-state index in [9.17, 15) is 14.4 Å². The minimum Gasteiger partial charge on any atom is -0.454 e. The SMILES string of the molecule is CCC(Sc1cccc(NC(=O)/C(=C/c2ccc(Cl)cc2)NC(=O)c2ccccc2)c1)C(=O)Nc1ccc2c(c1)OCO2. The van der Waals surface area contributed by atoms with Gasteiger partial charge in [-0.3, -0.25) is 14.4 Å². The molecule has 10 heteroatoms. The summed E-state index contributed by atoms with van der Waals surface area (Å²) in [6.07, 6.45) is 2.16. The molecular formula is C33H28ClN3O5S. The summed E-state index contributed by atoms with van der Waals surface area (Å²) in [6.45, 7) is 2.09. The zero-order chi connectivity index (χ0) is 30.2. The molecule has 1 aliphatic heterocycles. The van der Waals surface area contributed by atoms with Gasteiger partial charge in [0, 0.05) is 32.9 Å². The molecule has 8 nitrogen and oxygen atoms in total. The summed E-state index contributed by atoms with van der Waals surface area (Å²) in [6, 6.07) is 28.0. The number of carbonyl (C=O) groups excluding carboxylic acids is 3. The highest BCUT2D eigenvalue weighted by molar-refractivity contribution is 8.00. The Morgan fingerprint density at radius 1 is 0.860 bits per heavy atom. The van der Waals surface area contributed by atoms with Crippen LogP contribution in [0.1, 0.15) is 29.3 Å². The van der Waals surface area contributed by atoms with Crippen LogP contribution >= 0.6 is 23.4 Å². The van der Waals surface area contributed by atoms with Crippen molar-refractivity contribution in [3.63, 3.8) is 0 Å². The third-order valence-corrected chi connectivity index (χ3v) is 7.99. The standard InChI is InChI=1S/C33H28ClN3O5S/c1-2-30(33(40)36-25-15-16-28-29(19-25)42-20-41-28)43-26-10-6-9-24(18-26)35-32(39)27(17-21-11-13-23(34)14-12-21)37-31(38)22-7-4-3-5-8-22/h3-19,30H,2,20H2,1H3,(H,35,39)(H,36,40)(H,37,38)/b27-17-. The molecule has 0 bridgehead atoms. The Morgan fingerprint density at radius 2 is 1.60 bits per heavy atom. The van der Waals surface area contributed by atoms with Crippen LogP contribution in [0.15, 0.2) is 108 Å². The molecule has 5 rings (SSSR count). The van der Waals surface area contributed by atoms with Crippen molar-refractivity contribution < 1.29 is 23.9 Å². The Balaban J connectivity index is 1.29. The number of anilines is 2. The van der Waals surface area contributed by atoms with Gasteiger partial charge in [-0.2, -0.15) is 0 Å². The molecule has 4 aromatic carbocycles. The molecule has 1 unspecified atom stereocenters. The van der Waals surface area contributed by atoms with Crippen molar-refractivity contribution in [2.24, 2.45) is 0 Å². The summed E-state index contributed by atoms with van der Waals surface area (Å²) in [4.78, 5) is 40.2. The van der Waals surface area contributed by atoms with Crippen molar-refractivity contribution in [3.05, 3.63) is 119 Å². The number of ether oxygens (including phenoxy) is 2. The van der Waals surface area contributed by atoms with Gasteiger partial charge in [-0.25, -0.2) is 0 Å². The molecule has 43 heavy (non-hydrogen) atoms. The minimum absolute atomic E-state index is 0.0590. The Hall–Kier alpha value is -4.73. The summed E-state index contributed by atoms with van der Waals surface area (Å²) in [7, 11) is 0. The molecule has 0 spiro atoms.